The molecule has 2 atom stereocenters. The molecular weight excluding hydrogens is 318 g/mol. The van der Waals surface area contributed by atoms with Crippen LogP contribution in [-0.2, 0) is 9.59 Å². The number of amides is 2. The van der Waals surface area contributed by atoms with Gasteiger partial charge in [0, 0.05) is 32.2 Å². The van der Waals surface area contributed by atoms with Gasteiger partial charge in [-0.1, -0.05) is 18.2 Å². The first-order valence-corrected chi connectivity index (χ1v) is 9.13. The Morgan fingerprint density at radius 3 is 2.60 bits per heavy atom. The first kappa shape index (κ1) is 17.7. The van der Waals surface area contributed by atoms with Crippen LogP contribution >= 0.6 is 0 Å². The Morgan fingerprint density at radius 1 is 1.08 bits per heavy atom. The minimum absolute atomic E-state index is 0.0616. The van der Waals surface area contributed by atoms with Crippen molar-refractivity contribution in [2.45, 2.75) is 31.7 Å². The topological polar surface area (TPSA) is 75.9 Å². The monoisotopic (exact) mass is 345 g/mol. The Balaban J connectivity index is 1.45. The third kappa shape index (κ3) is 4.72. The number of ether oxygens (including phenoxy) is 1. The fourth-order valence-corrected chi connectivity index (χ4v) is 3.58. The number of carbonyl (C=O) groups is 2. The van der Waals surface area contributed by atoms with Gasteiger partial charge >= 0.3 is 0 Å². The van der Waals surface area contributed by atoms with Gasteiger partial charge in [0.25, 0.3) is 0 Å². The molecule has 1 aromatic rings. The molecular formula is C19H27N3O3. The number of rotatable bonds is 5. The molecule has 2 saturated heterocycles. The van der Waals surface area contributed by atoms with E-state index in [1.54, 1.807) is 0 Å². The van der Waals surface area contributed by atoms with Crippen LogP contribution in [0.4, 0.5) is 0 Å². The third-order valence-corrected chi connectivity index (χ3v) is 4.99. The molecule has 2 aliphatic rings. The molecule has 6 heteroatoms. The lowest BCUT2D eigenvalue weighted by Gasteiger charge is -2.34. The molecule has 2 N–H and O–H groups in total. The zero-order chi connectivity index (χ0) is 17.6. The second-order valence-corrected chi connectivity index (χ2v) is 6.92. The van der Waals surface area contributed by atoms with Gasteiger partial charge in [-0.2, -0.15) is 0 Å². The van der Waals surface area contributed by atoms with Crippen LogP contribution in [0.15, 0.2) is 30.3 Å². The Hall–Kier alpha value is -2.08. The summed E-state index contributed by atoms with van der Waals surface area (Å²) in [5, 5.41) is 0. The Morgan fingerprint density at radius 2 is 1.88 bits per heavy atom. The number of hydrogen-bond donors (Lipinski definition) is 1. The number of benzene rings is 1. The average Bonchev–Trinajstić information content (AvgIpc) is 3.08. The molecule has 136 valence electrons. The lowest BCUT2D eigenvalue weighted by molar-refractivity contribution is -0.140. The lowest BCUT2D eigenvalue weighted by atomic mass is 9.96. The first-order chi connectivity index (χ1) is 12.1. The van der Waals surface area contributed by atoms with E-state index in [0.717, 1.165) is 38.1 Å². The summed E-state index contributed by atoms with van der Waals surface area (Å²) in [6.45, 7) is 3.00. The summed E-state index contributed by atoms with van der Waals surface area (Å²) in [6.07, 6.45) is 2.94. The standard InChI is InChI=1S/C19H27N3O3/c20-16-8-11-22(14-16)19(24)15-5-4-10-21(13-15)18(23)9-12-25-17-6-2-1-3-7-17/h1-3,6-7,15-16H,4-5,8-14,20H2/t15?,16-/m1/s1. The molecule has 0 saturated carbocycles. The number of para-hydroxylation sites is 1. The van der Waals surface area contributed by atoms with Crippen LogP contribution in [0.1, 0.15) is 25.7 Å². The van der Waals surface area contributed by atoms with Gasteiger partial charge in [-0.05, 0) is 31.4 Å². The largest absolute Gasteiger partial charge is 0.493 e. The molecule has 1 aromatic carbocycles. The summed E-state index contributed by atoms with van der Waals surface area (Å²) < 4.78 is 5.60. The van der Waals surface area contributed by atoms with Gasteiger partial charge in [-0.25, -0.2) is 0 Å². The van der Waals surface area contributed by atoms with E-state index < -0.39 is 0 Å². The van der Waals surface area contributed by atoms with Crippen LogP contribution in [0, 0.1) is 5.92 Å². The van der Waals surface area contributed by atoms with Gasteiger partial charge in [0.05, 0.1) is 18.9 Å². The molecule has 0 bridgehead atoms. The van der Waals surface area contributed by atoms with Gasteiger partial charge < -0.3 is 20.3 Å². The van der Waals surface area contributed by atoms with Crippen molar-refractivity contribution in [3.63, 3.8) is 0 Å². The molecule has 3 rings (SSSR count). The highest BCUT2D eigenvalue weighted by Crippen LogP contribution is 2.21. The summed E-state index contributed by atoms with van der Waals surface area (Å²) in [4.78, 5) is 28.7. The fraction of sp³-hybridized carbons (Fsp3) is 0.579. The molecule has 0 aromatic heterocycles. The highest BCUT2D eigenvalue weighted by atomic mass is 16.5. The fourth-order valence-electron chi connectivity index (χ4n) is 3.58. The number of nitrogens with two attached hydrogens (primary N) is 1. The maximum absolute atomic E-state index is 12.6. The van der Waals surface area contributed by atoms with Crippen molar-refractivity contribution in [3.8, 4) is 5.75 Å². The van der Waals surface area contributed by atoms with Crippen molar-refractivity contribution in [3.05, 3.63) is 30.3 Å². The maximum atomic E-state index is 12.6. The van der Waals surface area contributed by atoms with E-state index in [-0.39, 0.29) is 23.8 Å². The molecule has 2 amide bonds. The van der Waals surface area contributed by atoms with Gasteiger partial charge in [0.15, 0.2) is 0 Å². The Bertz CT molecular complexity index is 593. The normalized spacial score (nSPS) is 23.6. The summed E-state index contributed by atoms with van der Waals surface area (Å²) in [7, 11) is 0. The molecule has 0 spiro atoms. The first-order valence-electron chi connectivity index (χ1n) is 9.13. The zero-order valence-electron chi connectivity index (χ0n) is 14.6. The van der Waals surface area contributed by atoms with Crippen molar-refractivity contribution in [1.29, 1.82) is 0 Å². The number of piperidine rings is 1. The van der Waals surface area contributed by atoms with Crippen molar-refractivity contribution < 1.29 is 14.3 Å². The van der Waals surface area contributed by atoms with Crippen LogP contribution in [0.25, 0.3) is 0 Å². The molecule has 6 nitrogen and oxygen atoms in total. The Labute approximate surface area is 148 Å². The third-order valence-electron chi connectivity index (χ3n) is 4.99. The quantitative estimate of drug-likeness (QED) is 0.871. The smallest absolute Gasteiger partial charge is 0.227 e. The highest BCUT2D eigenvalue weighted by molar-refractivity contribution is 5.81. The maximum Gasteiger partial charge on any atom is 0.227 e. The van der Waals surface area contributed by atoms with Crippen LogP contribution in [0.2, 0.25) is 0 Å². The molecule has 1 unspecified atom stereocenters. The van der Waals surface area contributed by atoms with E-state index in [4.69, 9.17) is 10.5 Å². The second-order valence-electron chi connectivity index (χ2n) is 6.92. The minimum atomic E-state index is -0.0851. The predicted octanol–water partition coefficient (Wildman–Crippen LogP) is 1.25. The lowest BCUT2D eigenvalue weighted by Crippen LogP contribution is -2.46. The van der Waals surface area contributed by atoms with Crippen LogP contribution in [-0.4, -0.2) is 60.4 Å². The van der Waals surface area contributed by atoms with Crippen molar-refractivity contribution in [2.24, 2.45) is 11.7 Å². The number of hydrogen-bond acceptors (Lipinski definition) is 4. The van der Waals surface area contributed by atoms with Gasteiger partial charge in [0.2, 0.25) is 11.8 Å². The summed E-state index contributed by atoms with van der Waals surface area (Å²) in [5.74, 6) is 0.906. The van der Waals surface area contributed by atoms with Gasteiger partial charge in [0.1, 0.15) is 5.75 Å². The molecule has 25 heavy (non-hydrogen) atoms. The average molecular weight is 345 g/mol. The molecule has 2 heterocycles. The number of carbonyl (C=O) groups excluding carboxylic acids is 2. The zero-order valence-corrected chi connectivity index (χ0v) is 14.6. The molecule has 2 fully saturated rings. The van der Waals surface area contributed by atoms with Gasteiger partial charge in [-0.3, -0.25) is 9.59 Å². The SMILES string of the molecule is N[C@@H]1CCN(C(=O)C2CCCN(C(=O)CCOc3ccccc3)C2)C1. The summed E-state index contributed by atoms with van der Waals surface area (Å²) in [6, 6.07) is 9.59. The van der Waals surface area contributed by atoms with E-state index in [2.05, 4.69) is 0 Å². The van der Waals surface area contributed by atoms with Crippen molar-refractivity contribution >= 4 is 11.8 Å². The summed E-state index contributed by atoms with van der Waals surface area (Å²) in [5.41, 5.74) is 5.90. The van der Waals surface area contributed by atoms with Crippen molar-refractivity contribution in [2.75, 3.05) is 32.8 Å². The van der Waals surface area contributed by atoms with E-state index in [1.165, 1.54) is 0 Å². The molecule has 0 aliphatic carbocycles. The predicted molar refractivity (Wildman–Crippen MR) is 95.0 cm³/mol. The van der Waals surface area contributed by atoms with Gasteiger partial charge in [-0.15, -0.1) is 0 Å². The molecule has 2 aliphatic heterocycles. The van der Waals surface area contributed by atoms with E-state index in [0.29, 0.717) is 26.1 Å². The number of likely N-dealkylation sites (tertiary alicyclic amines) is 2. The number of nitrogens with zero attached hydrogens (tertiary/aromatic N) is 2. The van der Waals surface area contributed by atoms with Crippen molar-refractivity contribution in [1.82, 2.24) is 9.80 Å². The highest BCUT2D eigenvalue weighted by Gasteiger charge is 2.33. The van der Waals surface area contributed by atoms with E-state index >= 15 is 0 Å². The van der Waals surface area contributed by atoms with Crippen LogP contribution in [0.5, 0.6) is 5.75 Å². The Kier molecular flexibility index (Phi) is 5.91. The summed E-state index contributed by atoms with van der Waals surface area (Å²) >= 11 is 0. The van der Waals surface area contributed by atoms with E-state index in [1.807, 2.05) is 40.1 Å². The van der Waals surface area contributed by atoms with Crippen LogP contribution < -0.4 is 10.5 Å². The van der Waals surface area contributed by atoms with Crippen LogP contribution in [0.3, 0.4) is 0 Å². The molecule has 0 radical (unpaired) electrons. The minimum Gasteiger partial charge on any atom is -0.493 e. The van der Waals surface area contributed by atoms with E-state index in [9.17, 15) is 9.59 Å². The second kappa shape index (κ2) is 8.34.